The van der Waals surface area contributed by atoms with Crippen molar-refractivity contribution in [2.24, 2.45) is 10.9 Å². The first-order chi connectivity index (χ1) is 14.4. The second-order valence-electron chi connectivity index (χ2n) is 10.1. The van der Waals surface area contributed by atoms with Gasteiger partial charge in [-0.2, -0.15) is 0 Å². The van der Waals surface area contributed by atoms with Crippen LogP contribution in [0.2, 0.25) is 0 Å². The second kappa shape index (κ2) is 12.5. The van der Waals surface area contributed by atoms with Gasteiger partial charge in [0.25, 0.3) is 0 Å². The molecule has 0 spiro atoms. The molecule has 1 amide bonds. The van der Waals surface area contributed by atoms with Crippen molar-refractivity contribution >= 4 is 12.1 Å². The van der Waals surface area contributed by atoms with Gasteiger partial charge in [0, 0.05) is 44.9 Å². The highest BCUT2D eigenvalue weighted by molar-refractivity contribution is 5.79. The van der Waals surface area contributed by atoms with Crippen LogP contribution in [0.4, 0.5) is 4.79 Å². The number of likely N-dealkylation sites (N-methyl/N-ethyl adjacent to an activating group) is 1. The average molecular weight is 442 g/mol. The number of carbonyl (C=O) groups is 1. The van der Waals surface area contributed by atoms with E-state index in [2.05, 4.69) is 62.3 Å². The van der Waals surface area contributed by atoms with E-state index in [-0.39, 0.29) is 17.7 Å². The fourth-order valence-electron chi connectivity index (χ4n) is 3.66. The number of carbonyl (C=O) groups excluding carboxylic acids is 1. The number of hydrogen-bond donors (Lipinski definition) is 2. The molecule has 1 atom stereocenters. The molecule has 1 unspecified atom stereocenters. The van der Waals surface area contributed by atoms with Crippen LogP contribution in [0.15, 0.2) is 4.99 Å². The lowest BCUT2D eigenvalue weighted by atomic mass is 9.89. The highest BCUT2D eigenvalue weighted by Crippen LogP contribution is 2.26. The van der Waals surface area contributed by atoms with E-state index in [1.807, 2.05) is 20.8 Å². The molecule has 0 saturated carbocycles. The quantitative estimate of drug-likeness (QED) is 0.423. The zero-order valence-electron chi connectivity index (χ0n) is 21.4. The molecule has 1 aliphatic heterocycles. The minimum absolute atomic E-state index is 0.0313. The molecule has 0 aromatic carbocycles. The number of nitrogens with one attached hydrogen (secondary N) is 2. The number of alkyl carbamates (subject to hydrolysis) is 1. The van der Waals surface area contributed by atoms with E-state index in [9.17, 15) is 4.79 Å². The monoisotopic (exact) mass is 441 g/mol. The fourth-order valence-corrected chi connectivity index (χ4v) is 3.66. The van der Waals surface area contributed by atoms with Crippen LogP contribution in [-0.4, -0.2) is 93.0 Å². The van der Waals surface area contributed by atoms with Crippen LogP contribution in [0.3, 0.4) is 0 Å². The van der Waals surface area contributed by atoms with Crippen molar-refractivity contribution in [3.05, 3.63) is 0 Å². The summed E-state index contributed by atoms with van der Waals surface area (Å²) in [6, 6.07) is 0.0313. The third-order valence-corrected chi connectivity index (χ3v) is 5.87. The molecule has 182 valence electrons. The summed E-state index contributed by atoms with van der Waals surface area (Å²) in [4.78, 5) is 21.7. The van der Waals surface area contributed by atoms with Crippen molar-refractivity contribution in [2.75, 3.05) is 54.0 Å². The minimum atomic E-state index is -0.500. The first kappa shape index (κ1) is 27.5. The van der Waals surface area contributed by atoms with Gasteiger partial charge in [-0.1, -0.05) is 13.8 Å². The number of ether oxygens (including phenoxy) is 2. The van der Waals surface area contributed by atoms with Crippen LogP contribution in [0.5, 0.6) is 0 Å². The maximum absolute atomic E-state index is 12.2. The van der Waals surface area contributed by atoms with Gasteiger partial charge in [-0.05, 0) is 67.0 Å². The zero-order chi connectivity index (χ0) is 23.7. The van der Waals surface area contributed by atoms with Crippen LogP contribution in [0.25, 0.3) is 0 Å². The molecule has 1 heterocycles. The Morgan fingerprint density at radius 3 is 2.29 bits per heavy atom. The predicted molar refractivity (Wildman–Crippen MR) is 128 cm³/mol. The molecule has 0 aromatic rings. The average Bonchev–Trinajstić information content (AvgIpc) is 2.67. The van der Waals surface area contributed by atoms with Gasteiger partial charge in [-0.25, -0.2) is 4.79 Å². The van der Waals surface area contributed by atoms with E-state index in [1.165, 1.54) is 0 Å². The van der Waals surface area contributed by atoms with Crippen molar-refractivity contribution in [1.29, 1.82) is 0 Å². The molecule has 0 aromatic heterocycles. The largest absolute Gasteiger partial charge is 0.444 e. The maximum Gasteiger partial charge on any atom is 0.407 e. The summed E-state index contributed by atoms with van der Waals surface area (Å²) < 4.78 is 11.0. The molecule has 8 heteroatoms. The highest BCUT2D eigenvalue weighted by atomic mass is 16.6. The van der Waals surface area contributed by atoms with Gasteiger partial charge in [0.2, 0.25) is 0 Å². The van der Waals surface area contributed by atoms with Crippen LogP contribution >= 0.6 is 0 Å². The summed E-state index contributed by atoms with van der Waals surface area (Å²) in [5.41, 5.74) is -0.460. The summed E-state index contributed by atoms with van der Waals surface area (Å²) in [5.74, 6) is 1.20. The normalized spacial score (nSPS) is 18.1. The van der Waals surface area contributed by atoms with Gasteiger partial charge in [0.05, 0.1) is 6.54 Å². The van der Waals surface area contributed by atoms with Gasteiger partial charge < -0.3 is 29.9 Å². The van der Waals surface area contributed by atoms with Gasteiger partial charge in [0.15, 0.2) is 5.96 Å². The topological polar surface area (TPSA) is 78.4 Å². The summed E-state index contributed by atoms with van der Waals surface area (Å²) >= 11 is 0. The lowest BCUT2D eigenvalue weighted by Crippen LogP contribution is -2.52. The molecule has 1 fully saturated rings. The van der Waals surface area contributed by atoms with Crippen molar-refractivity contribution in [3.63, 3.8) is 0 Å². The lowest BCUT2D eigenvalue weighted by molar-refractivity contribution is -0.00263. The summed E-state index contributed by atoms with van der Waals surface area (Å²) in [6.45, 7) is 15.8. The van der Waals surface area contributed by atoms with Crippen molar-refractivity contribution < 1.29 is 14.3 Å². The first-order valence-electron chi connectivity index (χ1n) is 11.6. The van der Waals surface area contributed by atoms with Crippen molar-refractivity contribution in [2.45, 2.75) is 78.0 Å². The molecule has 1 saturated heterocycles. The van der Waals surface area contributed by atoms with Gasteiger partial charge in [-0.3, -0.25) is 4.99 Å². The molecule has 0 radical (unpaired) electrons. The Balaban J connectivity index is 2.77. The molecule has 0 bridgehead atoms. The number of aliphatic imine (C=N–C) groups is 1. The van der Waals surface area contributed by atoms with Crippen LogP contribution < -0.4 is 10.6 Å². The number of hydrogen-bond acceptors (Lipinski definition) is 5. The molecule has 1 rings (SSSR count). The second-order valence-corrected chi connectivity index (χ2v) is 10.1. The Labute approximate surface area is 190 Å². The lowest BCUT2D eigenvalue weighted by Gasteiger charge is -2.42. The van der Waals surface area contributed by atoms with Crippen LogP contribution in [-0.2, 0) is 9.47 Å². The summed E-state index contributed by atoms with van der Waals surface area (Å²) in [6.07, 6.45) is 2.43. The summed E-state index contributed by atoms with van der Waals surface area (Å²) in [7, 11) is 6.32. The molecular formula is C23H47N5O3. The van der Waals surface area contributed by atoms with E-state index < -0.39 is 5.60 Å². The number of guanidine groups is 1. The summed E-state index contributed by atoms with van der Waals surface area (Å²) in [5, 5.41) is 6.45. The predicted octanol–water partition coefficient (Wildman–Crippen LogP) is 2.93. The van der Waals surface area contributed by atoms with Crippen LogP contribution in [0, 0.1) is 5.92 Å². The Morgan fingerprint density at radius 2 is 1.81 bits per heavy atom. The van der Waals surface area contributed by atoms with Gasteiger partial charge >= 0.3 is 6.09 Å². The smallest absolute Gasteiger partial charge is 0.407 e. The van der Waals surface area contributed by atoms with E-state index >= 15 is 0 Å². The van der Waals surface area contributed by atoms with Crippen molar-refractivity contribution in [1.82, 2.24) is 20.4 Å². The Hall–Kier alpha value is -1.54. The number of amides is 1. The molecule has 1 aliphatic rings. The van der Waals surface area contributed by atoms with E-state index in [0.29, 0.717) is 5.92 Å². The van der Waals surface area contributed by atoms with Gasteiger partial charge in [0.1, 0.15) is 5.60 Å². The Bertz CT molecular complexity index is 566. The number of nitrogens with zero attached hydrogens (tertiary/aromatic N) is 3. The SMILES string of the molecule is CCNC(=NCC1(N(C)C)CCOCC1)N(C)CCC(NC(=O)OC(C)(C)C)C(C)C. The number of rotatable bonds is 9. The molecule has 8 nitrogen and oxygen atoms in total. The molecular weight excluding hydrogens is 394 g/mol. The van der Waals surface area contributed by atoms with Crippen molar-refractivity contribution in [3.8, 4) is 0 Å². The molecule has 0 aliphatic carbocycles. The standard InChI is InChI=1S/C23H47N5O3/c1-10-24-20(25-17-23(27(7)8)12-15-30-16-13-23)28(9)14-11-19(18(2)3)26-21(29)31-22(4,5)6/h18-19H,10-17H2,1-9H3,(H,24,25)(H,26,29). The molecule has 2 N–H and O–H groups in total. The first-order valence-corrected chi connectivity index (χ1v) is 11.6. The zero-order valence-corrected chi connectivity index (χ0v) is 21.4. The maximum atomic E-state index is 12.2. The van der Waals surface area contributed by atoms with E-state index in [1.54, 1.807) is 0 Å². The Morgan fingerprint density at radius 1 is 1.19 bits per heavy atom. The van der Waals surface area contributed by atoms with E-state index in [4.69, 9.17) is 14.5 Å². The van der Waals surface area contributed by atoms with Gasteiger partial charge in [-0.15, -0.1) is 0 Å². The third-order valence-electron chi connectivity index (χ3n) is 5.87. The Kier molecular flexibility index (Phi) is 11.1. The minimum Gasteiger partial charge on any atom is -0.444 e. The highest BCUT2D eigenvalue weighted by Gasteiger charge is 2.35. The molecule has 31 heavy (non-hydrogen) atoms. The van der Waals surface area contributed by atoms with E-state index in [0.717, 1.165) is 58.1 Å². The van der Waals surface area contributed by atoms with Crippen LogP contribution in [0.1, 0.15) is 60.8 Å². The third kappa shape index (κ3) is 9.64. The fraction of sp³-hybridized carbons (Fsp3) is 0.913.